The first-order valence-electron chi connectivity index (χ1n) is 5.91. The lowest BCUT2D eigenvalue weighted by molar-refractivity contribution is 0.106. The van der Waals surface area contributed by atoms with Crippen molar-refractivity contribution in [2.24, 2.45) is 0 Å². The minimum absolute atomic E-state index is 0.459. The third-order valence-corrected chi connectivity index (χ3v) is 4.96. The van der Waals surface area contributed by atoms with Crippen LogP contribution in [0.15, 0.2) is 0 Å². The Labute approximate surface area is 94.4 Å². The van der Waals surface area contributed by atoms with Crippen LogP contribution in [-0.4, -0.2) is 41.0 Å². The normalized spacial score (nSPS) is 41.9. The summed E-state index contributed by atoms with van der Waals surface area (Å²) in [4.78, 5) is 0. The van der Waals surface area contributed by atoms with Crippen LogP contribution >= 0.6 is 0 Å². The van der Waals surface area contributed by atoms with Crippen LogP contribution in [0.4, 0.5) is 0 Å². The van der Waals surface area contributed by atoms with Gasteiger partial charge in [0.25, 0.3) is 0 Å². The van der Waals surface area contributed by atoms with E-state index in [1.807, 2.05) is 0 Å². The van der Waals surface area contributed by atoms with E-state index in [9.17, 15) is 4.21 Å². The molecule has 0 aromatic rings. The van der Waals surface area contributed by atoms with E-state index in [1.54, 1.807) is 7.11 Å². The monoisotopic (exact) mass is 231 g/mol. The second kappa shape index (κ2) is 5.41. The van der Waals surface area contributed by atoms with Gasteiger partial charge < -0.3 is 10.1 Å². The molecular formula is C11H21NO2S. The van der Waals surface area contributed by atoms with Crippen molar-refractivity contribution >= 4 is 10.8 Å². The quantitative estimate of drug-likeness (QED) is 0.789. The number of nitrogens with one attached hydrogen (secondary N) is 1. The van der Waals surface area contributed by atoms with E-state index in [4.69, 9.17) is 4.74 Å². The molecule has 15 heavy (non-hydrogen) atoms. The van der Waals surface area contributed by atoms with Gasteiger partial charge in [0, 0.05) is 41.5 Å². The zero-order chi connectivity index (χ0) is 10.7. The highest BCUT2D eigenvalue weighted by Gasteiger charge is 2.27. The molecule has 2 atom stereocenters. The molecule has 2 fully saturated rings. The van der Waals surface area contributed by atoms with Crippen molar-refractivity contribution in [3.8, 4) is 0 Å². The van der Waals surface area contributed by atoms with Crippen molar-refractivity contribution in [2.75, 3.05) is 18.6 Å². The summed E-state index contributed by atoms with van der Waals surface area (Å²) in [5, 5.41) is 3.69. The summed E-state index contributed by atoms with van der Waals surface area (Å²) in [5.74, 6) is 1.77. The number of hydrogen-bond donors (Lipinski definition) is 1. The summed E-state index contributed by atoms with van der Waals surface area (Å²) in [6, 6.07) is 1.23. The van der Waals surface area contributed by atoms with E-state index in [0.717, 1.165) is 30.8 Å². The van der Waals surface area contributed by atoms with Crippen LogP contribution in [0.1, 0.15) is 32.1 Å². The third kappa shape index (κ3) is 3.26. The van der Waals surface area contributed by atoms with Crippen LogP contribution in [-0.2, 0) is 15.5 Å². The van der Waals surface area contributed by atoms with Gasteiger partial charge in [0.05, 0.1) is 6.10 Å². The maximum absolute atomic E-state index is 11.2. The van der Waals surface area contributed by atoms with Gasteiger partial charge in [-0.3, -0.25) is 4.21 Å². The van der Waals surface area contributed by atoms with E-state index in [-0.39, 0.29) is 0 Å². The van der Waals surface area contributed by atoms with Gasteiger partial charge in [-0.2, -0.15) is 0 Å². The highest BCUT2D eigenvalue weighted by atomic mass is 32.2. The van der Waals surface area contributed by atoms with Crippen LogP contribution < -0.4 is 5.32 Å². The highest BCUT2D eigenvalue weighted by molar-refractivity contribution is 7.85. The van der Waals surface area contributed by atoms with E-state index in [0.29, 0.717) is 18.2 Å². The average Bonchev–Trinajstić information content (AvgIpc) is 2.69. The summed E-state index contributed by atoms with van der Waals surface area (Å²) in [6.45, 7) is 0. The Balaban J connectivity index is 1.71. The zero-order valence-corrected chi connectivity index (χ0v) is 10.2. The van der Waals surface area contributed by atoms with Crippen LogP contribution in [0.25, 0.3) is 0 Å². The Bertz CT molecular complexity index is 225. The smallest absolute Gasteiger partial charge is 0.0586 e. The Hall–Kier alpha value is 0.0700. The molecule has 2 aliphatic rings. The second-order valence-corrected chi connectivity index (χ2v) is 6.35. The van der Waals surface area contributed by atoms with Crippen molar-refractivity contribution < 1.29 is 8.95 Å². The number of ether oxygens (including phenoxy) is 1. The molecule has 0 aromatic carbocycles. The van der Waals surface area contributed by atoms with Crippen molar-refractivity contribution in [3.05, 3.63) is 0 Å². The Morgan fingerprint density at radius 1 is 1.13 bits per heavy atom. The summed E-state index contributed by atoms with van der Waals surface area (Å²) in [5.41, 5.74) is 0. The first-order chi connectivity index (χ1) is 7.28. The summed E-state index contributed by atoms with van der Waals surface area (Å²) in [7, 11) is 1.27. The molecule has 1 aliphatic heterocycles. The molecule has 88 valence electrons. The van der Waals surface area contributed by atoms with Crippen LogP contribution in [0, 0.1) is 0 Å². The van der Waals surface area contributed by atoms with Crippen molar-refractivity contribution in [2.45, 2.75) is 50.3 Å². The minimum atomic E-state index is -0.537. The molecule has 0 radical (unpaired) electrons. The van der Waals surface area contributed by atoms with Gasteiger partial charge >= 0.3 is 0 Å². The zero-order valence-electron chi connectivity index (χ0n) is 9.41. The van der Waals surface area contributed by atoms with Crippen molar-refractivity contribution in [3.63, 3.8) is 0 Å². The average molecular weight is 231 g/mol. The van der Waals surface area contributed by atoms with Gasteiger partial charge in [0.2, 0.25) is 0 Å². The fraction of sp³-hybridized carbons (Fsp3) is 1.00. The number of hydrogen-bond acceptors (Lipinski definition) is 3. The lowest BCUT2D eigenvalue weighted by Crippen LogP contribution is -2.41. The van der Waals surface area contributed by atoms with Crippen LogP contribution in [0.2, 0.25) is 0 Å². The number of rotatable bonds is 3. The van der Waals surface area contributed by atoms with E-state index in [1.165, 1.54) is 12.8 Å². The van der Waals surface area contributed by atoms with Crippen molar-refractivity contribution in [1.29, 1.82) is 0 Å². The molecule has 1 saturated carbocycles. The molecule has 1 N–H and O–H groups in total. The van der Waals surface area contributed by atoms with Crippen LogP contribution in [0.3, 0.4) is 0 Å². The molecular weight excluding hydrogens is 210 g/mol. The molecule has 1 heterocycles. The summed E-state index contributed by atoms with van der Waals surface area (Å²) >= 11 is 0. The third-order valence-electron chi connectivity index (χ3n) is 3.58. The van der Waals surface area contributed by atoms with Gasteiger partial charge in [0.15, 0.2) is 0 Å². The summed E-state index contributed by atoms with van der Waals surface area (Å²) < 4.78 is 16.6. The molecule has 1 saturated heterocycles. The number of methoxy groups -OCH3 is 1. The van der Waals surface area contributed by atoms with E-state index >= 15 is 0 Å². The fourth-order valence-electron chi connectivity index (χ4n) is 2.60. The van der Waals surface area contributed by atoms with Gasteiger partial charge in [-0.15, -0.1) is 0 Å². The summed E-state index contributed by atoms with van der Waals surface area (Å²) in [6.07, 6.45) is 6.20. The standard InChI is InChI=1S/C11H21NO2S/c1-14-11-3-2-10(8-11)12-9-4-6-15(13)7-5-9/h9-12H,2-8H2,1H3. The molecule has 0 aromatic heterocycles. The first-order valence-corrected chi connectivity index (χ1v) is 7.40. The Morgan fingerprint density at radius 2 is 1.87 bits per heavy atom. The van der Waals surface area contributed by atoms with Crippen LogP contribution in [0.5, 0.6) is 0 Å². The molecule has 1 aliphatic carbocycles. The predicted octanol–water partition coefficient (Wildman–Crippen LogP) is 1.05. The highest BCUT2D eigenvalue weighted by Crippen LogP contribution is 2.23. The fourth-order valence-corrected chi connectivity index (χ4v) is 3.90. The molecule has 3 nitrogen and oxygen atoms in total. The first kappa shape index (κ1) is 11.6. The van der Waals surface area contributed by atoms with Gasteiger partial charge in [-0.25, -0.2) is 0 Å². The van der Waals surface area contributed by atoms with E-state index in [2.05, 4.69) is 5.32 Å². The lowest BCUT2D eigenvalue weighted by atomic mass is 10.1. The van der Waals surface area contributed by atoms with Gasteiger partial charge in [-0.05, 0) is 32.1 Å². The van der Waals surface area contributed by atoms with Gasteiger partial charge in [0.1, 0.15) is 0 Å². The molecule has 2 rings (SSSR count). The molecule has 0 amide bonds. The maximum Gasteiger partial charge on any atom is 0.0586 e. The predicted molar refractivity (Wildman–Crippen MR) is 62.5 cm³/mol. The molecule has 2 unspecified atom stereocenters. The molecule has 4 heteroatoms. The Kier molecular flexibility index (Phi) is 4.17. The topological polar surface area (TPSA) is 38.3 Å². The maximum atomic E-state index is 11.2. The molecule has 0 spiro atoms. The van der Waals surface area contributed by atoms with Crippen molar-refractivity contribution in [1.82, 2.24) is 5.32 Å². The SMILES string of the molecule is COC1CCC(NC2CCS(=O)CC2)C1. The molecule has 0 bridgehead atoms. The minimum Gasteiger partial charge on any atom is -0.381 e. The second-order valence-electron chi connectivity index (χ2n) is 4.66. The Morgan fingerprint density at radius 3 is 2.47 bits per heavy atom. The van der Waals surface area contributed by atoms with Gasteiger partial charge in [-0.1, -0.05) is 0 Å². The lowest BCUT2D eigenvalue weighted by Gasteiger charge is -2.26. The largest absolute Gasteiger partial charge is 0.381 e. The van der Waals surface area contributed by atoms with E-state index < -0.39 is 10.8 Å².